The van der Waals surface area contributed by atoms with E-state index in [4.69, 9.17) is 10.8 Å². The number of rotatable bonds is 1. The van der Waals surface area contributed by atoms with Crippen LogP contribution in [0.2, 0.25) is 0 Å². The topological polar surface area (TPSA) is 72.6 Å². The number of carboxylic acids is 1. The molecule has 0 bridgehead atoms. The normalized spacial score (nSPS) is 40.0. The van der Waals surface area contributed by atoms with Crippen LogP contribution in [0.1, 0.15) is 0 Å². The van der Waals surface area contributed by atoms with E-state index in [-0.39, 0.29) is 13.2 Å². The first-order valence-electron chi connectivity index (χ1n) is 2.81. The van der Waals surface area contributed by atoms with Crippen molar-refractivity contribution < 1.29 is 19.0 Å². The summed E-state index contributed by atoms with van der Waals surface area (Å²) in [6.07, 6.45) is -1.59. The molecule has 0 radical (unpaired) electrons. The van der Waals surface area contributed by atoms with Crippen LogP contribution in [-0.2, 0) is 9.53 Å². The summed E-state index contributed by atoms with van der Waals surface area (Å²) in [6, 6.07) is 0. The van der Waals surface area contributed by atoms with Crippen molar-refractivity contribution in [3.05, 3.63) is 0 Å². The number of nitrogens with two attached hydrogens (primary N) is 1. The van der Waals surface area contributed by atoms with Gasteiger partial charge in [-0.05, 0) is 0 Å². The molecular formula is C5H8FNO3. The maximum Gasteiger partial charge on any atom is 0.329 e. The number of carboxylic acid groups (broad SMARTS) is 1. The molecule has 4 nitrogen and oxygen atoms in total. The number of aliphatic carboxylic acids is 1. The lowest BCUT2D eigenvalue weighted by molar-refractivity contribution is -0.144. The molecule has 1 heterocycles. The van der Waals surface area contributed by atoms with Crippen LogP contribution in [0.15, 0.2) is 0 Å². The first-order chi connectivity index (χ1) is 4.57. The molecule has 0 aliphatic carbocycles. The number of carbonyl (C=O) groups is 1. The molecule has 0 saturated carbocycles. The molecule has 1 rings (SSSR count). The Kier molecular flexibility index (Phi) is 1.61. The van der Waals surface area contributed by atoms with E-state index in [9.17, 15) is 9.18 Å². The van der Waals surface area contributed by atoms with Gasteiger partial charge < -0.3 is 15.6 Å². The van der Waals surface area contributed by atoms with Gasteiger partial charge in [0.15, 0.2) is 11.7 Å². The fourth-order valence-corrected chi connectivity index (χ4v) is 0.766. The lowest BCUT2D eigenvalue weighted by Gasteiger charge is -2.17. The second-order valence-corrected chi connectivity index (χ2v) is 2.33. The van der Waals surface area contributed by atoms with Gasteiger partial charge in [-0.2, -0.15) is 0 Å². The summed E-state index contributed by atoms with van der Waals surface area (Å²) < 4.78 is 17.1. The predicted molar refractivity (Wildman–Crippen MR) is 30.3 cm³/mol. The third kappa shape index (κ3) is 0.871. The SMILES string of the molecule is N[C@]1(C(=O)O)COC[C@H]1F. The van der Waals surface area contributed by atoms with E-state index < -0.39 is 17.7 Å². The zero-order chi connectivity index (χ0) is 7.78. The van der Waals surface area contributed by atoms with E-state index in [1.54, 1.807) is 0 Å². The highest BCUT2D eigenvalue weighted by atomic mass is 19.1. The van der Waals surface area contributed by atoms with Crippen molar-refractivity contribution in [2.24, 2.45) is 5.73 Å². The highest BCUT2D eigenvalue weighted by Gasteiger charge is 2.48. The number of halogens is 1. The van der Waals surface area contributed by atoms with Gasteiger partial charge in [0.05, 0.1) is 13.2 Å². The third-order valence-electron chi connectivity index (χ3n) is 1.56. The summed E-state index contributed by atoms with van der Waals surface area (Å²) in [5.41, 5.74) is 3.33. The first kappa shape index (κ1) is 7.43. The second-order valence-electron chi connectivity index (χ2n) is 2.33. The van der Waals surface area contributed by atoms with Crippen molar-refractivity contribution in [3.63, 3.8) is 0 Å². The van der Waals surface area contributed by atoms with Gasteiger partial charge in [0.25, 0.3) is 0 Å². The summed E-state index contributed by atoms with van der Waals surface area (Å²) in [4.78, 5) is 10.3. The van der Waals surface area contributed by atoms with Crippen LogP contribution in [-0.4, -0.2) is 36.0 Å². The largest absolute Gasteiger partial charge is 0.480 e. The Morgan fingerprint density at radius 2 is 2.50 bits per heavy atom. The zero-order valence-electron chi connectivity index (χ0n) is 5.21. The standard InChI is InChI=1S/C5H8FNO3/c6-3-1-10-2-5(3,7)4(8)9/h3H,1-2,7H2,(H,8,9)/t3-,5-/m1/s1. The second kappa shape index (κ2) is 2.17. The highest BCUT2D eigenvalue weighted by molar-refractivity contribution is 5.80. The summed E-state index contributed by atoms with van der Waals surface area (Å²) >= 11 is 0. The van der Waals surface area contributed by atoms with Crippen LogP contribution in [0, 0.1) is 0 Å². The van der Waals surface area contributed by atoms with Crippen LogP contribution in [0.5, 0.6) is 0 Å². The van der Waals surface area contributed by atoms with E-state index in [2.05, 4.69) is 4.74 Å². The summed E-state index contributed by atoms with van der Waals surface area (Å²) in [5, 5.41) is 8.40. The van der Waals surface area contributed by atoms with Crippen molar-refractivity contribution in [3.8, 4) is 0 Å². The molecular weight excluding hydrogens is 141 g/mol. The lowest BCUT2D eigenvalue weighted by Crippen LogP contribution is -2.55. The molecule has 5 heteroatoms. The predicted octanol–water partition coefficient (Wildman–Crippen LogP) is -0.863. The zero-order valence-corrected chi connectivity index (χ0v) is 5.21. The molecule has 0 spiro atoms. The number of hydrogen-bond acceptors (Lipinski definition) is 3. The molecule has 2 atom stereocenters. The average Bonchev–Trinajstić information content (AvgIpc) is 2.15. The third-order valence-corrected chi connectivity index (χ3v) is 1.56. The number of hydrogen-bond donors (Lipinski definition) is 2. The molecule has 1 saturated heterocycles. The van der Waals surface area contributed by atoms with E-state index >= 15 is 0 Å². The number of alkyl halides is 1. The number of ether oxygens (including phenoxy) is 1. The Morgan fingerprint density at radius 3 is 2.70 bits per heavy atom. The van der Waals surface area contributed by atoms with E-state index in [0.717, 1.165) is 0 Å². The van der Waals surface area contributed by atoms with Gasteiger partial charge in [-0.3, -0.25) is 4.79 Å². The average molecular weight is 149 g/mol. The van der Waals surface area contributed by atoms with Gasteiger partial charge in [-0.1, -0.05) is 0 Å². The van der Waals surface area contributed by atoms with Gasteiger partial charge in [0.2, 0.25) is 0 Å². The molecule has 0 aromatic rings. The monoisotopic (exact) mass is 149 g/mol. The molecule has 58 valence electrons. The summed E-state index contributed by atoms with van der Waals surface area (Å²) in [6.45, 7) is -0.466. The van der Waals surface area contributed by atoms with Gasteiger partial charge in [-0.15, -0.1) is 0 Å². The van der Waals surface area contributed by atoms with Gasteiger partial charge in [0, 0.05) is 0 Å². The Balaban J connectivity index is 2.75. The molecule has 0 aromatic carbocycles. The minimum absolute atomic E-state index is 0.219. The summed E-state index contributed by atoms with van der Waals surface area (Å²) in [7, 11) is 0. The quantitative estimate of drug-likeness (QED) is 0.508. The van der Waals surface area contributed by atoms with Crippen molar-refractivity contribution in [1.29, 1.82) is 0 Å². The van der Waals surface area contributed by atoms with Gasteiger partial charge >= 0.3 is 5.97 Å². The van der Waals surface area contributed by atoms with E-state index in [0.29, 0.717) is 0 Å². The van der Waals surface area contributed by atoms with Crippen LogP contribution in [0.25, 0.3) is 0 Å². The highest BCUT2D eigenvalue weighted by Crippen LogP contribution is 2.19. The first-order valence-corrected chi connectivity index (χ1v) is 2.81. The molecule has 3 N–H and O–H groups in total. The molecule has 1 aliphatic heterocycles. The molecule has 0 aromatic heterocycles. The minimum Gasteiger partial charge on any atom is -0.480 e. The minimum atomic E-state index is -1.82. The van der Waals surface area contributed by atoms with Crippen LogP contribution < -0.4 is 5.73 Å². The molecule has 1 aliphatic rings. The van der Waals surface area contributed by atoms with Crippen LogP contribution in [0.4, 0.5) is 4.39 Å². The Hall–Kier alpha value is -0.680. The van der Waals surface area contributed by atoms with E-state index in [1.165, 1.54) is 0 Å². The molecule has 0 amide bonds. The van der Waals surface area contributed by atoms with Crippen molar-refractivity contribution in [2.75, 3.05) is 13.2 Å². The maximum atomic E-state index is 12.6. The lowest BCUT2D eigenvalue weighted by atomic mass is 9.99. The van der Waals surface area contributed by atoms with Gasteiger partial charge in [0.1, 0.15) is 0 Å². The maximum absolute atomic E-state index is 12.6. The Bertz CT molecular complexity index is 163. The fraction of sp³-hybridized carbons (Fsp3) is 0.800. The van der Waals surface area contributed by atoms with Gasteiger partial charge in [-0.25, -0.2) is 4.39 Å². The van der Waals surface area contributed by atoms with Crippen LogP contribution >= 0.6 is 0 Å². The summed E-state index contributed by atoms with van der Waals surface area (Å²) in [5.74, 6) is -1.35. The Labute approximate surface area is 56.8 Å². The molecule has 1 fully saturated rings. The van der Waals surface area contributed by atoms with Crippen molar-refractivity contribution >= 4 is 5.97 Å². The molecule has 10 heavy (non-hydrogen) atoms. The van der Waals surface area contributed by atoms with Crippen LogP contribution in [0.3, 0.4) is 0 Å². The van der Waals surface area contributed by atoms with E-state index in [1.807, 2.05) is 0 Å². The smallest absolute Gasteiger partial charge is 0.329 e. The van der Waals surface area contributed by atoms with Crippen molar-refractivity contribution in [1.82, 2.24) is 0 Å². The fourth-order valence-electron chi connectivity index (χ4n) is 0.766. The van der Waals surface area contributed by atoms with Crippen molar-refractivity contribution in [2.45, 2.75) is 11.7 Å². The Morgan fingerprint density at radius 1 is 1.90 bits per heavy atom. The molecule has 0 unspecified atom stereocenters.